The molecule has 3 rings (SSSR count). The Labute approximate surface area is 165 Å². The van der Waals surface area contributed by atoms with Crippen LogP contribution in [0.2, 0.25) is 0 Å². The number of rotatable bonds is 6. The summed E-state index contributed by atoms with van der Waals surface area (Å²) in [6.07, 6.45) is -0.135. The predicted octanol–water partition coefficient (Wildman–Crippen LogP) is 3.80. The van der Waals surface area contributed by atoms with Crippen molar-refractivity contribution in [3.8, 4) is 5.75 Å². The van der Waals surface area contributed by atoms with Gasteiger partial charge < -0.3 is 14.7 Å². The Hall–Kier alpha value is -2.66. The zero-order chi connectivity index (χ0) is 20.6. The van der Waals surface area contributed by atoms with E-state index >= 15 is 0 Å². The van der Waals surface area contributed by atoms with Crippen molar-refractivity contribution in [3.05, 3.63) is 58.7 Å². The van der Waals surface area contributed by atoms with Gasteiger partial charge in [0, 0.05) is 12.0 Å². The van der Waals surface area contributed by atoms with Gasteiger partial charge in [0.25, 0.3) is 5.91 Å². The number of fused-ring (bicyclic) bond motifs is 1. The number of carbonyl (C=O) groups excluding carboxylic acids is 2. The summed E-state index contributed by atoms with van der Waals surface area (Å²) < 4.78 is 5.67. The summed E-state index contributed by atoms with van der Waals surface area (Å²) in [6.45, 7) is 9.48. The van der Waals surface area contributed by atoms with Gasteiger partial charge in [0.05, 0.1) is 18.3 Å². The number of benzene rings is 2. The predicted molar refractivity (Wildman–Crippen MR) is 109 cm³/mol. The van der Waals surface area contributed by atoms with Crippen molar-refractivity contribution in [1.82, 2.24) is 0 Å². The molecule has 1 heterocycles. The minimum Gasteiger partial charge on any atom is -0.491 e. The smallest absolute Gasteiger partial charge is 0.264 e. The van der Waals surface area contributed by atoms with Gasteiger partial charge in [-0.3, -0.25) is 9.59 Å². The van der Waals surface area contributed by atoms with Gasteiger partial charge in [-0.15, -0.1) is 0 Å². The number of ketones is 1. The maximum atomic E-state index is 13.2. The highest BCUT2D eigenvalue weighted by molar-refractivity contribution is 6.09. The van der Waals surface area contributed by atoms with E-state index < -0.39 is 11.5 Å². The number of Topliss-reactive ketones (excluding diaryl/α,β-unsaturated/α-hetero) is 1. The largest absolute Gasteiger partial charge is 0.491 e. The zero-order valence-electron chi connectivity index (χ0n) is 17.1. The van der Waals surface area contributed by atoms with Crippen molar-refractivity contribution in [2.24, 2.45) is 0 Å². The lowest BCUT2D eigenvalue weighted by molar-refractivity contribution is -0.141. The van der Waals surface area contributed by atoms with Crippen LogP contribution < -0.4 is 9.64 Å². The molecule has 0 bridgehead atoms. The van der Waals surface area contributed by atoms with Crippen LogP contribution in [-0.2, 0) is 21.7 Å². The summed E-state index contributed by atoms with van der Waals surface area (Å²) in [6, 6.07) is 11.4. The Morgan fingerprint density at radius 3 is 2.39 bits per heavy atom. The molecule has 1 amide bonds. The molecule has 1 N–H and O–H groups in total. The number of hydrogen-bond acceptors (Lipinski definition) is 4. The zero-order valence-corrected chi connectivity index (χ0v) is 17.1. The number of anilines is 1. The number of aliphatic hydroxyl groups is 1. The van der Waals surface area contributed by atoms with Crippen LogP contribution in [0.5, 0.6) is 5.75 Å². The number of aryl methyl sites for hydroxylation is 2. The van der Waals surface area contributed by atoms with Gasteiger partial charge >= 0.3 is 0 Å². The molecule has 0 aromatic heterocycles. The number of amides is 1. The third-order valence-electron chi connectivity index (χ3n) is 4.90. The van der Waals surface area contributed by atoms with Crippen molar-refractivity contribution in [3.63, 3.8) is 0 Å². The molecule has 2 aromatic rings. The van der Waals surface area contributed by atoms with Crippen molar-refractivity contribution < 1.29 is 19.4 Å². The van der Waals surface area contributed by atoms with Crippen molar-refractivity contribution >= 4 is 17.4 Å². The molecule has 5 heteroatoms. The van der Waals surface area contributed by atoms with Crippen LogP contribution in [0, 0.1) is 13.8 Å². The highest BCUT2D eigenvalue weighted by atomic mass is 16.5. The summed E-state index contributed by atoms with van der Waals surface area (Å²) in [4.78, 5) is 26.6. The second-order valence-corrected chi connectivity index (χ2v) is 7.92. The molecule has 28 heavy (non-hydrogen) atoms. The lowest BCUT2D eigenvalue weighted by atomic mass is 9.88. The molecule has 0 spiro atoms. The van der Waals surface area contributed by atoms with E-state index in [4.69, 9.17) is 4.74 Å². The fourth-order valence-corrected chi connectivity index (χ4v) is 3.88. The van der Waals surface area contributed by atoms with Crippen LogP contribution in [0.25, 0.3) is 0 Å². The second-order valence-electron chi connectivity index (χ2n) is 7.92. The van der Waals surface area contributed by atoms with Crippen molar-refractivity contribution in [1.29, 1.82) is 0 Å². The van der Waals surface area contributed by atoms with Gasteiger partial charge in [0.2, 0.25) is 0 Å². The molecule has 2 aromatic carbocycles. The minimum absolute atomic E-state index is 0.0883. The molecule has 0 radical (unpaired) electrons. The average molecular weight is 381 g/mol. The van der Waals surface area contributed by atoms with Gasteiger partial charge in [-0.1, -0.05) is 29.8 Å². The Bertz CT molecular complexity index is 917. The van der Waals surface area contributed by atoms with E-state index in [0.717, 1.165) is 22.4 Å². The Kier molecular flexibility index (Phi) is 5.31. The topological polar surface area (TPSA) is 66.8 Å². The first-order valence-electron chi connectivity index (χ1n) is 9.53. The molecular formula is C23H27NO4. The molecule has 1 atom stereocenters. The van der Waals surface area contributed by atoms with E-state index in [1.165, 1.54) is 6.92 Å². The Balaban J connectivity index is 1.98. The SMILES string of the molecule is CC(=O)CC1(O)C(=O)N(Cc2ccc(OC(C)C)cc2)c2c(C)cc(C)cc21. The molecule has 1 aliphatic heterocycles. The standard InChI is InChI=1S/C23H27NO4/c1-14(2)28-19-8-6-18(7-9-19)13-24-21-16(4)10-15(3)11-20(21)23(27,22(24)26)12-17(5)25/h6-11,14,27H,12-13H2,1-5H3. The molecule has 1 unspecified atom stereocenters. The van der Waals surface area contributed by atoms with Gasteiger partial charge in [-0.05, 0) is 57.9 Å². The van der Waals surface area contributed by atoms with Crippen LogP contribution in [0.1, 0.15) is 49.4 Å². The quantitative estimate of drug-likeness (QED) is 0.826. The van der Waals surface area contributed by atoms with E-state index in [0.29, 0.717) is 17.8 Å². The molecule has 5 nitrogen and oxygen atoms in total. The van der Waals surface area contributed by atoms with Crippen molar-refractivity contribution in [2.45, 2.75) is 59.3 Å². The third kappa shape index (κ3) is 3.67. The van der Waals surface area contributed by atoms with Crippen LogP contribution >= 0.6 is 0 Å². The summed E-state index contributed by atoms with van der Waals surface area (Å²) >= 11 is 0. The van der Waals surface area contributed by atoms with E-state index in [2.05, 4.69) is 0 Å². The maximum absolute atomic E-state index is 13.2. The minimum atomic E-state index is -1.81. The molecular weight excluding hydrogens is 354 g/mol. The highest BCUT2D eigenvalue weighted by Crippen LogP contribution is 2.45. The fraction of sp³-hybridized carbons (Fsp3) is 0.391. The van der Waals surface area contributed by atoms with Crippen molar-refractivity contribution in [2.75, 3.05) is 4.90 Å². The summed E-state index contributed by atoms with van der Waals surface area (Å²) in [5.74, 6) is 0.0960. The van der Waals surface area contributed by atoms with Gasteiger partial charge in [0.1, 0.15) is 11.5 Å². The van der Waals surface area contributed by atoms with E-state index in [9.17, 15) is 14.7 Å². The van der Waals surface area contributed by atoms with Crippen LogP contribution in [0.15, 0.2) is 36.4 Å². The van der Waals surface area contributed by atoms with Crippen LogP contribution in [0.4, 0.5) is 5.69 Å². The monoisotopic (exact) mass is 381 g/mol. The van der Waals surface area contributed by atoms with E-state index in [1.54, 1.807) is 4.90 Å². The summed E-state index contributed by atoms with van der Waals surface area (Å²) in [5.41, 5.74) is 2.18. The van der Waals surface area contributed by atoms with Gasteiger partial charge in [0.15, 0.2) is 5.60 Å². The molecule has 0 aliphatic carbocycles. The second kappa shape index (κ2) is 7.40. The Morgan fingerprint density at radius 1 is 1.18 bits per heavy atom. The van der Waals surface area contributed by atoms with Gasteiger partial charge in [-0.2, -0.15) is 0 Å². The van der Waals surface area contributed by atoms with E-state index in [1.807, 2.05) is 64.1 Å². The van der Waals surface area contributed by atoms with E-state index in [-0.39, 0.29) is 18.3 Å². The average Bonchev–Trinajstić information content (AvgIpc) is 2.77. The first-order chi connectivity index (χ1) is 13.1. The first-order valence-corrected chi connectivity index (χ1v) is 9.53. The number of ether oxygens (including phenoxy) is 1. The third-order valence-corrected chi connectivity index (χ3v) is 4.90. The lowest BCUT2D eigenvalue weighted by Gasteiger charge is -2.22. The normalized spacial score (nSPS) is 18.5. The summed E-state index contributed by atoms with van der Waals surface area (Å²) in [5, 5.41) is 11.2. The molecule has 1 aliphatic rings. The first kappa shape index (κ1) is 20.1. The molecule has 0 saturated heterocycles. The number of nitrogens with zero attached hydrogens (tertiary/aromatic N) is 1. The molecule has 0 fully saturated rings. The van der Waals surface area contributed by atoms with Crippen LogP contribution in [0.3, 0.4) is 0 Å². The van der Waals surface area contributed by atoms with Crippen LogP contribution in [-0.4, -0.2) is 22.9 Å². The number of carbonyl (C=O) groups is 2. The molecule has 0 saturated carbocycles. The number of hydrogen-bond donors (Lipinski definition) is 1. The van der Waals surface area contributed by atoms with Gasteiger partial charge in [-0.25, -0.2) is 0 Å². The Morgan fingerprint density at radius 2 is 1.82 bits per heavy atom. The highest BCUT2D eigenvalue weighted by Gasteiger charge is 2.51. The fourth-order valence-electron chi connectivity index (χ4n) is 3.88. The maximum Gasteiger partial charge on any atom is 0.264 e. The lowest BCUT2D eigenvalue weighted by Crippen LogP contribution is -2.41. The summed E-state index contributed by atoms with van der Waals surface area (Å²) in [7, 11) is 0. The molecule has 148 valence electrons.